The van der Waals surface area contributed by atoms with Gasteiger partial charge in [0, 0.05) is 6.42 Å². The molecule has 1 rings (SSSR count). The van der Waals surface area contributed by atoms with Gasteiger partial charge in [-0.25, -0.2) is 0 Å². The molecule has 0 bridgehead atoms. The van der Waals surface area contributed by atoms with E-state index in [2.05, 4.69) is 0 Å². The van der Waals surface area contributed by atoms with E-state index in [-0.39, 0.29) is 6.42 Å². The highest BCUT2D eigenvalue weighted by molar-refractivity contribution is 5.17. The van der Waals surface area contributed by atoms with E-state index < -0.39 is 18.6 Å². The summed E-state index contributed by atoms with van der Waals surface area (Å²) in [6.07, 6.45) is -0.448. The largest absolute Gasteiger partial charge is 0.392 e. The zero-order valence-corrected chi connectivity index (χ0v) is 8.68. The molecule has 16 heavy (non-hydrogen) atoms. The number of halogens is 2. The van der Waals surface area contributed by atoms with Crippen LogP contribution < -0.4 is 0 Å². The quantitative estimate of drug-likeness (QED) is 0.754. The molecule has 0 aliphatic rings. The lowest BCUT2D eigenvalue weighted by Gasteiger charge is -2.19. The molecular formula is C12H14F2O2. The van der Waals surface area contributed by atoms with Gasteiger partial charge in [-0.3, -0.25) is 0 Å². The summed E-state index contributed by atoms with van der Waals surface area (Å²) in [4.78, 5) is 0. The Hall–Kier alpha value is -1.26. The first-order valence-corrected chi connectivity index (χ1v) is 4.94. The van der Waals surface area contributed by atoms with Gasteiger partial charge in [0.25, 0.3) is 5.92 Å². The summed E-state index contributed by atoms with van der Waals surface area (Å²) in [6, 6.07) is 8.58. The van der Waals surface area contributed by atoms with E-state index >= 15 is 0 Å². The molecule has 1 unspecified atom stereocenters. The summed E-state index contributed by atoms with van der Waals surface area (Å²) in [5.41, 5.74) is 0.645. The van der Waals surface area contributed by atoms with Crippen molar-refractivity contribution in [1.82, 2.24) is 0 Å². The van der Waals surface area contributed by atoms with Crippen LogP contribution in [0.25, 0.3) is 0 Å². The highest BCUT2D eigenvalue weighted by Crippen LogP contribution is 2.23. The van der Waals surface area contributed by atoms with E-state index in [1.54, 1.807) is 30.3 Å². The van der Waals surface area contributed by atoms with Gasteiger partial charge in [0.2, 0.25) is 0 Å². The van der Waals surface area contributed by atoms with Crippen LogP contribution in [0.5, 0.6) is 0 Å². The molecule has 0 aliphatic carbocycles. The van der Waals surface area contributed by atoms with Gasteiger partial charge in [0.15, 0.2) is 0 Å². The average molecular weight is 228 g/mol. The SMILES string of the molecule is OC/C=C/C(F)(F)C(O)Cc1ccccc1. The van der Waals surface area contributed by atoms with Gasteiger partial charge in [-0.1, -0.05) is 36.4 Å². The summed E-state index contributed by atoms with van der Waals surface area (Å²) in [6.45, 7) is -0.465. The van der Waals surface area contributed by atoms with Gasteiger partial charge in [-0.05, 0) is 11.6 Å². The van der Waals surface area contributed by atoms with Gasteiger partial charge in [-0.15, -0.1) is 0 Å². The van der Waals surface area contributed by atoms with E-state index in [0.717, 1.165) is 6.08 Å². The van der Waals surface area contributed by atoms with Crippen molar-refractivity contribution in [2.45, 2.75) is 18.4 Å². The second kappa shape index (κ2) is 5.72. The fourth-order valence-electron chi connectivity index (χ4n) is 1.29. The third kappa shape index (κ3) is 3.72. The summed E-state index contributed by atoms with van der Waals surface area (Å²) >= 11 is 0. The molecule has 2 nitrogen and oxygen atoms in total. The fourth-order valence-corrected chi connectivity index (χ4v) is 1.29. The van der Waals surface area contributed by atoms with E-state index in [9.17, 15) is 13.9 Å². The second-order valence-electron chi connectivity index (χ2n) is 3.46. The molecule has 0 fully saturated rings. The highest BCUT2D eigenvalue weighted by Gasteiger charge is 2.35. The molecule has 0 aliphatic heterocycles. The number of hydrogen-bond donors (Lipinski definition) is 2. The van der Waals surface area contributed by atoms with E-state index in [1.165, 1.54) is 0 Å². The maximum Gasteiger partial charge on any atom is 0.292 e. The van der Waals surface area contributed by atoms with Crippen LogP contribution >= 0.6 is 0 Å². The predicted octanol–water partition coefficient (Wildman–Crippen LogP) is 1.77. The summed E-state index contributed by atoms with van der Waals surface area (Å²) in [5, 5.41) is 17.8. The molecule has 0 saturated carbocycles. The van der Waals surface area contributed by atoms with Crippen LogP contribution in [0.4, 0.5) is 8.78 Å². The third-order valence-electron chi connectivity index (χ3n) is 2.16. The van der Waals surface area contributed by atoms with Crippen molar-refractivity contribution in [3.63, 3.8) is 0 Å². The summed E-state index contributed by atoms with van der Waals surface area (Å²) in [5.74, 6) is -3.32. The molecule has 0 spiro atoms. The first-order chi connectivity index (χ1) is 7.56. The molecule has 0 saturated heterocycles. The monoisotopic (exact) mass is 228 g/mol. The molecule has 88 valence electrons. The van der Waals surface area contributed by atoms with Crippen molar-refractivity contribution >= 4 is 0 Å². The van der Waals surface area contributed by atoms with Crippen LogP contribution in [0.2, 0.25) is 0 Å². The Balaban J connectivity index is 2.64. The minimum Gasteiger partial charge on any atom is -0.392 e. The molecular weight excluding hydrogens is 214 g/mol. The molecule has 0 heterocycles. The Kier molecular flexibility index (Phi) is 4.58. The van der Waals surface area contributed by atoms with E-state index in [1.807, 2.05) is 0 Å². The lowest BCUT2D eigenvalue weighted by Crippen LogP contribution is -2.33. The standard InChI is InChI=1S/C12H14F2O2/c13-12(14,7-4-8-15)11(16)9-10-5-2-1-3-6-10/h1-7,11,15-16H,8-9H2/b7-4+. The number of benzene rings is 1. The molecule has 0 radical (unpaired) electrons. The number of aliphatic hydroxyl groups is 2. The Bertz CT molecular complexity index is 336. The molecule has 0 aromatic heterocycles. The van der Waals surface area contributed by atoms with Crippen molar-refractivity contribution in [3.8, 4) is 0 Å². The Labute approximate surface area is 92.9 Å². The van der Waals surface area contributed by atoms with E-state index in [4.69, 9.17) is 5.11 Å². The first kappa shape index (κ1) is 12.8. The van der Waals surface area contributed by atoms with Gasteiger partial charge < -0.3 is 10.2 Å². The molecule has 1 aromatic carbocycles. The maximum absolute atomic E-state index is 13.2. The minimum absolute atomic E-state index is 0.121. The number of hydrogen-bond acceptors (Lipinski definition) is 2. The lowest BCUT2D eigenvalue weighted by molar-refractivity contribution is -0.0687. The molecule has 2 N–H and O–H groups in total. The Morgan fingerprint density at radius 2 is 1.88 bits per heavy atom. The lowest BCUT2D eigenvalue weighted by atomic mass is 10.0. The van der Waals surface area contributed by atoms with Gasteiger partial charge >= 0.3 is 0 Å². The Morgan fingerprint density at radius 3 is 2.44 bits per heavy atom. The smallest absolute Gasteiger partial charge is 0.292 e. The van der Waals surface area contributed by atoms with Gasteiger partial charge in [0.1, 0.15) is 6.10 Å². The van der Waals surface area contributed by atoms with Crippen LogP contribution in [-0.2, 0) is 6.42 Å². The average Bonchev–Trinajstić information content (AvgIpc) is 2.28. The molecule has 4 heteroatoms. The fraction of sp³-hybridized carbons (Fsp3) is 0.333. The zero-order chi connectivity index (χ0) is 12.0. The molecule has 1 atom stereocenters. The zero-order valence-electron chi connectivity index (χ0n) is 8.68. The number of aliphatic hydroxyl groups excluding tert-OH is 2. The van der Waals surface area contributed by atoms with Crippen LogP contribution in [0.15, 0.2) is 42.5 Å². The predicted molar refractivity (Wildman–Crippen MR) is 57.3 cm³/mol. The van der Waals surface area contributed by atoms with Crippen LogP contribution in [-0.4, -0.2) is 28.8 Å². The van der Waals surface area contributed by atoms with Gasteiger partial charge in [0.05, 0.1) is 6.61 Å². The molecule has 0 amide bonds. The van der Waals surface area contributed by atoms with Crippen LogP contribution in [0.1, 0.15) is 5.56 Å². The maximum atomic E-state index is 13.2. The second-order valence-corrected chi connectivity index (χ2v) is 3.46. The van der Waals surface area contributed by atoms with Crippen molar-refractivity contribution in [3.05, 3.63) is 48.0 Å². The van der Waals surface area contributed by atoms with Crippen molar-refractivity contribution in [2.75, 3.05) is 6.61 Å². The van der Waals surface area contributed by atoms with Crippen LogP contribution in [0, 0.1) is 0 Å². The van der Waals surface area contributed by atoms with Crippen molar-refractivity contribution in [1.29, 1.82) is 0 Å². The Morgan fingerprint density at radius 1 is 1.25 bits per heavy atom. The van der Waals surface area contributed by atoms with Crippen molar-refractivity contribution in [2.24, 2.45) is 0 Å². The number of alkyl halides is 2. The summed E-state index contributed by atoms with van der Waals surface area (Å²) in [7, 11) is 0. The third-order valence-corrected chi connectivity index (χ3v) is 2.16. The topological polar surface area (TPSA) is 40.5 Å². The first-order valence-electron chi connectivity index (χ1n) is 4.94. The normalized spacial score (nSPS) is 14.2. The van der Waals surface area contributed by atoms with Gasteiger partial charge in [-0.2, -0.15) is 8.78 Å². The van der Waals surface area contributed by atoms with E-state index in [0.29, 0.717) is 11.6 Å². The highest BCUT2D eigenvalue weighted by atomic mass is 19.3. The molecule has 1 aromatic rings. The minimum atomic E-state index is -3.32. The number of rotatable bonds is 5. The van der Waals surface area contributed by atoms with Crippen LogP contribution in [0.3, 0.4) is 0 Å². The van der Waals surface area contributed by atoms with Crippen molar-refractivity contribution < 1.29 is 19.0 Å². The summed E-state index contributed by atoms with van der Waals surface area (Å²) < 4.78 is 26.5.